The van der Waals surface area contributed by atoms with Gasteiger partial charge in [-0.15, -0.1) is 0 Å². The molecule has 1 aromatic heterocycles. The number of carbonyl (C=O) groups is 1. The highest BCUT2D eigenvalue weighted by Crippen LogP contribution is 2.27. The van der Waals surface area contributed by atoms with E-state index in [2.05, 4.69) is 0 Å². The van der Waals surface area contributed by atoms with Gasteiger partial charge in [-0.3, -0.25) is 14.2 Å². The summed E-state index contributed by atoms with van der Waals surface area (Å²) in [5.74, 6) is 0.132. The molecule has 6 nitrogen and oxygen atoms in total. The van der Waals surface area contributed by atoms with Gasteiger partial charge in [0.05, 0.1) is 22.6 Å². The Kier molecular flexibility index (Phi) is 8.32. The Bertz CT molecular complexity index is 1430. The van der Waals surface area contributed by atoms with Crippen LogP contribution in [0.4, 0.5) is 0 Å². The molecule has 9 heteroatoms. The van der Waals surface area contributed by atoms with Crippen molar-refractivity contribution < 1.29 is 9.53 Å². The number of methoxy groups -OCH3 is 1. The Morgan fingerprint density at radius 2 is 1.67 bits per heavy atom. The van der Waals surface area contributed by atoms with Gasteiger partial charge < -0.3 is 9.64 Å². The molecule has 0 fully saturated rings. The van der Waals surface area contributed by atoms with E-state index >= 15 is 0 Å². The number of ether oxygens (including phenoxy) is 1. The Morgan fingerprint density at radius 1 is 1.00 bits per heavy atom. The number of rotatable bonds is 8. The first-order valence-electron chi connectivity index (χ1n) is 11.3. The number of hydrogen-bond acceptors (Lipinski definition) is 4. The van der Waals surface area contributed by atoms with E-state index in [4.69, 9.17) is 44.5 Å². The molecule has 0 saturated heterocycles. The largest absolute Gasteiger partial charge is 0.385 e. The van der Waals surface area contributed by atoms with Crippen molar-refractivity contribution in [3.8, 4) is 5.69 Å². The van der Waals surface area contributed by atoms with Crippen LogP contribution in [0.1, 0.15) is 35.6 Å². The van der Waals surface area contributed by atoms with Crippen LogP contribution in [0.3, 0.4) is 0 Å². The van der Waals surface area contributed by atoms with Gasteiger partial charge in [-0.05, 0) is 67.9 Å². The first kappa shape index (κ1) is 26.2. The lowest BCUT2D eigenvalue weighted by Gasteiger charge is -2.31. The summed E-state index contributed by atoms with van der Waals surface area (Å²) >= 11 is 18.5. The fourth-order valence-corrected chi connectivity index (χ4v) is 4.75. The molecular formula is C27H24Cl3N3O3. The maximum absolute atomic E-state index is 13.7. The number of aromatic nitrogens is 2. The van der Waals surface area contributed by atoms with Crippen LogP contribution in [-0.2, 0) is 4.74 Å². The van der Waals surface area contributed by atoms with Gasteiger partial charge in [-0.2, -0.15) is 0 Å². The third kappa shape index (κ3) is 5.57. The Balaban J connectivity index is 1.89. The van der Waals surface area contributed by atoms with Gasteiger partial charge >= 0.3 is 0 Å². The minimum atomic E-state index is -0.583. The molecule has 186 valence electrons. The minimum absolute atomic E-state index is 0.236. The zero-order valence-electron chi connectivity index (χ0n) is 19.7. The standard InChI is InChI=1S/C27H24Cl3N3O3/c1-17(32(12-5-13-36-2)26(34)18-14-20(29)16-21(30)15-18)25-31-24-7-4-3-6-23(24)27(35)33(25)22-10-8-19(28)9-11-22/h3-4,6-11,14-17H,5,12-13H2,1-2H3. The lowest BCUT2D eigenvalue weighted by Crippen LogP contribution is -2.38. The average molecular weight is 545 g/mol. The van der Waals surface area contributed by atoms with E-state index in [-0.39, 0.29) is 11.5 Å². The molecule has 0 aliphatic carbocycles. The summed E-state index contributed by atoms with van der Waals surface area (Å²) in [5.41, 5.74) is 1.25. The second-order valence-electron chi connectivity index (χ2n) is 8.28. The van der Waals surface area contributed by atoms with Crippen molar-refractivity contribution in [2.75, 3.05) is 20.3 Å². The van der Waals surface area contributed by atoms with Crippen molar-refractivity contribution in [1.82, 2.24) is 14.5 Å². The van der Waals surface area contributed by atoms with Gasteiger partial charge in [0.2, 0.25) is 0 Å². The highest BCUT2D eigenvalue weighted by atomic mass is 35.5. The number of hydrogen-bond donors (Lipinski definition) is 0. The first-order chi connectivity index (χ1) is 17.3. The molecule has 1 heterocycles. The van der Waals surface area contributed by atoms with E-state index in [1.165, 1.54) is 4.57 Å². The number of carbonyl (C=O) groups excluding carboxylic acids is 1. The van der Waals surface area contributed by atoms with E-state index in [0.717, 1.165) is 0 Å². The van der Waals surface area contributed by atoms with Gasteiger partial charge in [0.25, 0.3) is 11.5 Å². The molecule has 1 amide bonds. The Labute approximate surface area is 224 Å². The smallest absolute Gasteiger partial charge is 0.266 e. The molecule has 36 heavy (non-hydrogen) atoms. The van der Waals surface area contributed by atoms with Crippen molar-refractivity contribution in [2.24, 2.45) is 0 Å². The highest BCUT2D eigenvalue weighted by Gasteiger charge is 2.28. The molecule has 4 aromatic rings. The Hall–Kier alpha value is -2.90. The number of amides is 1. The molecule has 3 aromatic carbocycles. The van der Waals surface area contributed by atoms with Crippen molar-refractivity contribution in [3.63, 3.8) is 0 Å². The number of para-hydroxylation sites is 1. The van der Waals surface area contributed by atoms with Gasteiger partial charge in [-0.1, -0.05) is 46.9 Å². The van der Waals surface area contributed by atoms with Crippen LogP contribution < -0.4 is 5.56 Å². The van der Waals surface area contributed by atoms with E-state index in [9.17, 15) is 9.59 Å². The number of benzene rings is 3. The van der Waals surface area contributed by atoms with Crippen molar-refractivity contribution >= 4 is 51.6 Å². The molecule has 0 aliphatic rings. The van der Waals surface area contributed by atoms with Crippen LogP contribution in [0.5, 0.6) is 0 Å². The van der Waals surface area contributed by atoms with Crippen LogP contribution in [0.2, 0.25) is 15.1 Å². The van der Waals surface area contributed by atoms with Crippen molar-refractivity contribution in [2.45, 2.75) is 19.4 Å². The van der Waals surface area contributed by atoms with E-state index in [0.29, 0.717) is 62.6 Å². The summed E-state index contributed by atoms with van der Waals surface area (Å²) in [6.07, 6.45) is 0.583. The van der Waals surface area contributed by atoms with Crippen LogP contribution in [-0.4, -0.2) is 40.6 Å². The molecule has 4 rings (SSSR count). The highest BCUT2D eigenvalue weighted by molar-refractivity contribution is 6.35. The SMILES string of the molecule is COCCCN(C(=O)c1cc(Cl)cc(Cl)c1)C(C)c1nc2ccccc2c(=O)n1-c1ccc(Cl)cc1. The number of fused-ring (bicyclic) bond motifs is 1. The lowest BCUT2D eigenvalue weighted by molar-refractivity contribution is 0.0657. The van der Waals surface area contributed by atoms with Crippen LogP contribution in [0.25, 0.3) is 16.6 Å². The predicted molar refractivity (Wildman–Crippen MR) is 145 cm³/mol. The molecule has 1 atom stereocenters. The van der Waals surface area contributed by atoms with E-state index in [1.807, 2.05) is 13.0 Å². The van der Waals surface area contributed by atoms with E-state index < -0.39 is 6.04 Å². The van der Waals surface area contributed by atoms with Gasteiger partial charge in [0.1, 0.15) is 5.82 Å². The fraction of sp³-hybridized carbons (Fsp3) is 0.222. The first-order valence-corrected chi connectivity index (χ1v) is 12.5. The zero-order valence-corrected chi connectivity index (χ0v) is 22.0. The maximum atomic E-state index is 13.7. The fourth-order valence-electron chi connectivity index (χ4n) is 4.10. The van der Waals surface area contributed by atoms with Gasteiger partial charge in [-0.25, -0.2) is 4.98 Å². The van der Waals surface area contributed by atoms with Crippen LogP contribution in [0.15, 0.2) is 71.5 Å². The molecule has 0 spiro atoms. The zero-order chi connectivity index (χ0) is 25.8. The molecule has 0 aliphatic heterocycles. The van der Waals surface area contributed by atoms with Crippen LogP contribution in [0, 0.1) is 0 Å². The predicted octanol–water partition coefficient (Wildman–Crippen LogP) is 6.59. The molecule has 0 saturated carbocycles. The quantitative estimate of drug-likeness (QED) is 0.235. The second-order valence-corrected chi connectivity index (χ2v) is 9.59. The summed E-state index contributed by atoms with van der Waals surface area (Å²) in [7, 11) is 1.61. The lowest BCUT2D eigenvalue weighted by atomic mass is 10.1. The summed E-state index contributed by atoms with van der Waals surface area (Å²) in [5, 5.41) is 1.74. The summed E-state index contributed by atoms with van der Waals surface area (Å²) < 4.78 is 6.75. The molecule has 1 unspecified atom stereocenters. The average Bonchev–Trinajstić information content (AvgIpc) is 2.86. The Morgan fingerprint density at radius 3 is 2.33 bits per heavy atom. The summed E-state index contributed by atoms with van der Waals surface area (Å²) in [6.45, 7) is 2.67. The topological polar surface area (TPSA) is 64.4 Å². The number of halogens is 3. The molecule has 0 N–H and O–H groups in total. The molecule has 0 radical (unpaired) electrons. The molecular weight excluding hydrogens is 521 g/mol. The third-order valence-corrected chi connectivity index (χ3v) is 6.53. The van der Waals surface area contributed by atoms with Crippen LogP contribution >= 0.6 is 34.8 Å². The minimum Gasteiger partial charge on any atom is -0.385 e. The third-order valence-electron chi connectivity index (χ3n) is 5.85. The number of nitrogens with zero attached hydrogens (tertiary/aromatic N) is 3. The molecule has 0 bridgehead atoms. The normalized spacial score (nSPS) is 12.0. The van der Waals surface area contributed by atoms with Gasteiger partial charge in [0, 0.05) is 40.9 Å². The second kappa shape index (κ2) is 11.4. The maximum Gasteiger partial charge on any atom is 0.266 e. The van der Waals surface area contributed by atoms with Crippen molar-refractivity contribution in [3.05, 3.63) is 104 Å². The monoisotopic (exact) mass is 543 g/mol. The summed E-state index contributed by atoms with van der Waals surface area (Å²) in [4.78, 5) is 33.9. The van der Waals surface area contributed by atoms with E-state index in [1.54, 1.807) is 72.7 Å². The van der Waals surface area contributed by atoms with Crippen molar-refractivity contribution in [1.29, 1.82) is 0 Å². The van der Waals surface area contributed by atoms with Gasteiger partial charge in [0.15, 0.2) is 0 Å². The summed E-state index contributed by atoms with van der Waals surface area (Å²) in [6, 6.07) is 18.2.